The SMILES string of the molecule is [CH2]CCC(C)CCCCCC(C)(C)C. The number of rotatable bonds is 7. The second-order valence-electron chi connectivity index (χ2n) is 5.91. The molecular weight excluding hydrogens is 168 g/mol. The lowest BCUT2D eigenvalue weighted by Crippen LogP contribution is -2.04. The van der Waals surface area contributed by atoms with Crippen molar-refractivity contribution in [2.24, 2.45) is 11.3 Å². The molecule has 0 saturated heterocycles. The third-order valence-electron chi connectivity index (χ3n) is 2.82. The normalized spacial score (nSPS) is 14.4. The monoisotopic (exact) mass is 197 g/mol. The highest BCUT2D eigenvalue weighted by atomic mass is 14.1. The zero-order valence-corrected chi connectivity index (χ0v) is 10.7. The molecule has 1 atom stereocenters. The van der Waals surface area contributed by atoms with Gasteiger partial charge in [0, 0.05) is 0 Å². The Bertz CT molecular complexity index is 118. The minimum Gasteiger partial charge on any atom is -0.0625 e. The molecule has 0 amide bonds. The van der Waals surface area contributed by atoms with Crippen LogP contribution in [0.3, 0.4) is 0 Å². The minimum atomic E-state index is 0.527. The summed E-state index contributed by atoms with van der Waals surface area (Å²) in [4.78, 5) is 0. The van der Waals surface area contributed by atoms with Crippen molar-refractivity contribution in [3.8, 4) is 0 Å². The van der Waals surface area contributed by atoms with E-state index in [4.69, 9.17) is 0 Å². The molecule has 85 valence electrons. The molecule has 0 bridgehead atoms. The summed E-state index contributed by atoms with van der Waals surface area (Å²) in [6.07, 6.45) is 9.41. The first-order chi connectivity index (χ1) is 6.45. The average Bonchev–Trinajstić information content (AvgIpc) is 2.02. The van der Waals surface area contributed by atoms with E-state index < -0.39 is 0 Å². The standard InChI is InChI=1S/C14H29/c1-6-10-13(2)11-8-7-9-12-14(3,4)5/h13H,1,6-12H2,2-5H3. The van der Waals surface area contributed by atoms with Crippen LogP contribution in [-0.4, -0.2) is 0 Å². The lowest BCUT2D eigenvalue weighted by molar-refractivity contribution is 0.352. The van der Waals surface area contributed by atoms with Crippen LogP contribution in [0.1, 0.15) is 72.6 Å². The first-order valence-corrected chi connectivity index (χ1v) is 6.25. The van der Waals surface area contributed by atoms with Crippen LogP contribution in [0.25, 0.3) is 0 Å². The van der Waals surface area contributed by atoms with Gasteiger partial charge in [-0.1, -0.05) is 73.1 Å². The molecule has 1 radical (unpaired) electrons. The summed E-state index contributed by atoms with van der Waals surface area (Å²) < 4.78 is 0. The van der Waals surface area contributed by atoms with E-state index in [2.05, 4.69) is 34.6 Å². The van der Waals surface area contributed by atoms with Gasteiger partial charge in [0.2, 0.25) is 0 Å². The van der Waals surface area contributed by atoms with Gasteiger partial charge in [-0.05, 0) is 17.8 Å². The maximum absolute atomic E-state index is 3.90. The number of unbranched alkanes of at least 4 members (excludes halogenated alkanes) is 2. The summed E-state index contributed by atoms with van der Waals surface area (Å²) in [6, 6.07) is 0. The highest BCUT2D eigenvalue weighted by Crippen LogP contribution is 2.23. The summed E-state index contributed by atoms with van der Waals surface area (Å²) >= 11 is 0. The minimum absolute atomic E-state index is 0.527. The zero-order chi connectivity index (χ0) is 11.0. The second-order valence-corrected chi connectivity index (χ2v) is 5.91. The van der Waals surface area contributed by atoms with E-state index in [0.29, 0.717) is 5.41 Å². The van der Waals surface area contributed by atoms with Gasteiger partial charge in [-0.15, -0.1) is 0 Å². The molecule has 0 aliphatic heterocycles. The Kier molecular flexibility index (Phi) is 7.31. The third-order valence-corrected chi connectivity index (χ3v) is 2.82. The molecule has 1 unspecified atom stereocenters. The Labute approximate surface area is 91.5 Å². The number of hydrogen-bond acceptors (Lipinski definition) is 0. The van der Waals surface area contributed by atoms with Gasteiger partial charge in [-0.2, -0.15) is 0 Å². The summed E-state index contributed by atoms with van der Waals surface area (Å²) in [7, 11) is 0. The molecule has 0 spiro atoms. The van der Waals surface area contributed by atoms with E-state index >= 15 is 0 Å². The maximum atomic E-state index is 3.90. The van der Waals surface area contributed by atoms with Crippen LogP contribution in [0.2, 0.25) is 0 Å². The Hall–Kier alpha value is 0. The van der Waals surface area contributed by atoms with Crippen molar-refractivity contribution in [1.29, 1.82) is 0 Å². The maximum Gasteiger partial charge on any atom is -0.0383 e. The molecule has 0 heteroatoms. The fraction of sp³-hybridized carbons (Fsp3) is 0.929. The molecular formula is C14H29. The summed E-state index contributed by atoms with van der Waals surface area (Å²) in [6.45, 7) is 13.3. The topological polar surface area (TPSA) is 0 Å². The lowest BCUT2D eigenvalue weighted by atomic mass is 9.89. The zero-order valence-electron chi connectivity index (χ0n) is 10.7. The van der Waals surface area contributed by atoms with Crippen LogP contribution < -0.4 is 0 Å². The van der Waals surface area contributed by atoms with Crippen molar-refractivity contribution in [2.75, 3.05) is 0 Å². The van der Waals surface area contributed by atoms with E-state index in [1.54, 1.807) is 0 Å². The first kappa shape index (κ1) is 14.0. The van der Waals surface area contributed by atoms with Gasteiger partial charge in [0.15, 0.2) is 0 Å². The predicted octanol–water partition coefficient (Wildman–Crippen LogP) is 5.23. The Balaban J connectivity index is 3.21. The van der Waals surface area contributed by atoms with Gasteiger partial charge in [-0.3, -0.25) is 0 Å². The van der Waals surface area contributed by atoms with Crippen LogP contribution in [0.5, 0.6) is 0 Å². The van der Waals surface area contributed by atoms with E-state index in [9.17, 15) is 0 Å². The van der Waals surface area contributed by atoms with Crippen LogP contribution in [0.4, 0.5) is 0 Å². The molecule has 0 aromatic rings. The quantitative estimate of drug-likeness (QED) is 0.490. The van der Waals surface area contributed by atoms with Gasteiger partial charge in [0.1, 0.15) is 0 Å². The molecule has 0 rings (SSSR count). The second kappa shape index (κ2) is 7.31. The van der Waals surface area contributed by atoms with Gasteiger partial charge in [0.25, 0.3) is 0 Å². The van der Waals surface area contributed by atoms with Gasteiger partial charge in [0.05, 0.1) is 0 Å². The fourth-order valence-electron chi connectivity index (χ4n) is 1.82. The lowest BCUT2D eigenvalue weighted by Gasteiger charge is -2.17. The Morgan fingerprint density at radius 2 is 1.64 bits per heavy atom. The van der Waals surface area contributed by atoms with Crippen molar-refractivity contribution in [1.82, 2.24) is 0 Å². The first-order valence-electron chi connectivity index (χ1n) is 6.25. The van der Waals surface area contributed by atoms with Crippen LogP contribution in [0, 0.1) is 18.3 Å². The largest absolute Gasteiger partial charge is 0.0625 e. The average molecular weight is 197 g/mol. The Morgan fingerprint density at radius 3 is 2.14 bits per heavy atom. The predicted molar refractivity (Wildman–Crippen MR) is 66.3 cm³/mol. The molecule has 0 N–H and O–H groups in total. The molecule has 0 fully saturated rings. The summed E-state index contributed by atoms with van der Waals surface area (Å²) in [5.41, 5.74) is 0.527. The van der Waals surface area contributed by atoms with E-state index in [1.807, 2.05) is 0 Å². The Morgan fingerprint density at radius 1 is 1.00 bits per heavy atom. The molecule has 0 aliphatic carbocycles. The van der Waals surface area contributed by atoms with Crippen LogP contribution in [0.15, 0.2) is 0 Å². The fourth-order valence-corrected chi connectivity index (χ4v) is 1.82. The molecule has 0 saturated carbocycles. The van der Waals surface area contributed by atoms with Gasteiger partial charge in [-0.25, -0.2) is 0 Å². The van der Waals surface area contributed by atoms with Gasteiger partial charge < -0.3 is 0 Å². The van der Waals surface area contributed by atoms with Crippen molar-refractivity contribution in [3.05, 3.63) is 6.92 Å². The van der Waals surface area contributed by atoms with E-state index in [0.717, 1.165) is 12.3 Å². The van der Waals surface area contributed by atoms with E-state index in [-0.39, 0.29) is 0 Å². The van der Waals surface area contributed by atoms with Crippen molar-refractivity contribution < 1.29 is 0 Å². The number of hydrogen-bond donors (Lipinski definition) is 0. The summed E-state index contributed by atoms with van der Waals surface area (Å²) in [5.74, 6) is 0.891. The highest BCUT2D eigenvalue weighted by molar-refractivity contribution is 4.62. The molecule has 14 heavy (non-hydrogen) atoms. The highest BCUT2D eigenvalue weighted by Gasteiger charge is 2.09. The molecule has 0 nitrogen and oxygen atoms in total. The van der Waals surface area contributed by atoms with Crippen molar-refractivity contribution in [2.45, 2.75) is 72.6 Å². The van der Waals surface area contributed by atoms with Crippen molar-refractivity contribution >= 4 is 0 Å². The molecule has 0 aromatic carbocycles. The smallest absolute Gasteiger partial charge is 0.0383 e. The third kappa shape index (κ3) is 10.1. The summed E-state index contributed by atoms with van der Waals surface area (Å²) in [5, 5.41) is 0. The van der Waals surface area contributed by atoms with Crippen molar-refractivity contribution in [3.63, 3.8) is 0 Å². The molecule has 0 aromatic heterocycles. The molecule has 0 heterocycles. The molecule has 0 aliphatic rings. The van der Waals surface area contributed by atoms with Crippen LogP contribution >= 0.6 is 0 Å². The van der Waals surface area contributed by atoms with Crippen LogP contribution in [-0.2, 0) is 0 Å². The van der Waals surface area contributed by atoms with E-state index in [1.165, 1.54) is 38.5 Å². The van der Waals surface area contributed by atoms with Gasteiger partial charge >= 0.3 is 0 Å².